The minimum absolute atomic E-state index is 0.345. The number of nitrogens with zero attached hydrogens (tertiary/aromatic N) is 2. The number of nitriles is 1. The molecule has 102 valence electrons. The van der Waals surface area contributed by atoms with Gasteiger partial charge in [0.2, 0.25) is 0 Å². The molecule has 3 nitrogen and oxygen atoms in total. The molecule has 0 atom stereocenters. The predicted octanol–water partition coefficient (Wildman–Crippen LogP) is 2.84. The summed E-state index contributed by atoms with van der Waals surface area (Å²) in [4.78, 5) is 2.35. The van der Waals surface area contributed by atoms with E-state index in [2.05, 4.69) is 17.3 Å². The van der Waals surface area contributed by atoms with Gasteiger partial charge in [-0.3, -0.25) is 0 Å². The highest BCUT2D eigenvalue weighted by Crippen LogP contribution is 2.20. The Hall–Kier alpha value is -1.60. The third-order valence-corrected chi connectivity index (χ3v) is 3.80. The maximum atomic E-state index is 13.6. The van der Waals surface area contributed by atoms with Crippen molar-refractivity contribution in [2.24, 2.45) is 5.92 Å². The summed E-state index contributed by atoms with van der Waals surface area (Å²) in [7, 11) is 2.15. The van der Waals surface area contributed by atoms with E-state index in [0.29, 0.717) is 11.3 Å². The van der Waals surface area contributed by atoms with Gasteiger partial charge in [0, 0.05) is 6.54 Å². The first kappa shape index (κ1) is 13.8. The predicted molar refractivity (Wildman–Crippen MR) is 74.4 cm³/mol. The fraction of sp³-hybridized carbons (Fsp3) is 0.533. The number of hydrogen-bond donors (Lipinski definition) is 1. The smallest absolute Gasteiger partial charge is 0.147 e. The Kier molecular flexibility index (Phi) is 4.75. The molecule has 0 bridgehead atoms. The molecule has 1 aliphatic heterocycles. The van der Waals surface area contributed by atoms with Gasteiger partial charge < -0.3 is 10.2 Å². The number of halogens is 1. The highest BCUT2D eigenvalue weighted by atomic mass is 19.1. The molecule has 1 saturated heterocycles. The van der Waals surface area contributed by atoms with E-state index in [1.165, 1.54) is 18.9 Å². The average Bonchev–Trinajstić information content (AvgIpc) is 2.42. The van der Waals surface area contributed by atoms with Gasteiger partial charge in [-0.25, -0.2) is 4.39 Å². The number of hydrogen-bond acceptors (Lipinski definition) is 3. The van der Waals surface area contributed by atoms with Crippen LogP contribution in [0.1, 0.15) is 24.8 Å². The van der Waals surface area contributed by atoms with E-state index in [0.717, 1.165) is 32.0 Å². The fourth-order valence-corrected chi connectivity index (χ4v) is 2.49. The normalized spacial score (nSPS) is 17.1. The van der Waals surface area contributed by atoms with Crippen molar-refractivity contribution in [3.8, 4) is 6.07 Å². The lowest BCUT2D eigenvalue weighted by atomic mass is 9.94. The standard InChI is InChI=1S/C15H20FN3/c1-19-8-5-12(6-9-19)4-7-18-15-3-2-13(11-17)10-14(15)16/h2-3,10,12,18H,4-9H2,1H3. The van der Waals surface area contributed by atoms with Crippen molar-refractivity contribution < 1.29 is 4.39 Å². The first-order valence-corrected chi connectivity index (χ1v) is 6.81. The molecule has 0 aliphatic carbocycles. The van der Waals surface area contributed by atoms with Crippen LogP contribution in [-0.4, -0.2) is 31.6 Å². The maximum absolute atomic E-state index is 13.6. The summed E-state index contributed by atoms with van der Waals surface area (Å²) in [6, 6.07) is 6.49. The van der Waals surface area contributed by atoms with Crippen LogP contribution in [0.25, 0.3) is 0 Å². The summed E-state index contributed by atoms with van der Waals surface area (Å²) >= 11 is 0. The molecule has 0 spiro atoms. The van der Waals surface area contributed by atoms with Crippen LogP contribution in [0.5, 0.6) is 0 Å². The molecule has 0 aromatic heterocycles. The Labute approximate surface area is 114 Å². The van der Waals surface area contributed by atoms with Gasteiger partial charge in [0.1, 0.15) is 5.82 Å². The Balaban J connectivity index is 1.78. The van der Waals surface area contributed by atoms with Crippen LogP contribution in [0.2, 0.25) is 0 Å². The Morgan fingerprint density at radius 3 is 2.79 bits per heavy atom. The van der Waals surface area contributed by atoms with Gasteiger partial charge in [-0.2, -0.15) is 5.26 Å². The second kappa shape index (κ2) is 6.53. The first-order valence-electron chi connectivity index (χ1n) is 6.81. The molecule has 19 heavy (non-hydrogen) atoms. The molecule has 0 amide bonds. The summed E-state index contributed by atoms with van der Waals surface area (Å²) in [5.74, 6) is 0.396. The molecular formula is C15H20FN3. The van der Waals surface area contributed by atoms with Crippen LogP contribution >= 0.6 is 0 Å². The van der Waals surface area contributed by atoms with Crippen molar-refractivity contribution in [2.45, 2.75) is 19.3 Å². The molecule has 1 fully saturated rings. The molecule has 2 rings (SSSR count). The van der Waals surface area contributed by atoms with E-state index < -0.39 is 0 Å². The van der Waals surface area contributed by atoms with Crippen LogP contribution in [0.4, 0.5) is 10.1 Å². The first-order chi connectivity index (χ1) is 9.19. The van der Waals surface area contributed by atoms with E-state index in [9.17, 15) is 4.39 Å². The highest BCUT2D eigenvalue weighted by Gasteiger charge is 2.16. The molecular weight excluding hydrogens is 241 g/mol. The van der Waals surface area contributed by atoms with Crippen LogP contribution in [0, 0.1) is 23.1 Å². The zero-order chi connectivity index (χ0) is 13.7. The van der Waals surface area contributed by atoms with Crippen molar-refractivity contribution in [2.75, 3.05) is 32.0 Å². The fourth-order valence-electron chi connectivity index (χ4n) is 2.49. The second-order valence-corrected chi connectivity index (χ2v) is 5.27. The lowest BCUT2D eigenvalue weighted by Gasteiger charge is -2.29. The minimum atomic E-state index is -0.345. The lowest BCUT2D eigenvalue weighted by Crippen LogP contribution is -2.30. The molecule has 0 radical (unpaired) electrons. The lowest BCUT2D eigenvalue weighted by molar-refractivity contribution is 0.215. The summed E-state index contributed by atoms with van der Waals surface area (Å²) in [5.41, 5.74) is 0.852. The van der Waals surface area contributed by atoms with Crippen LogP contribution in [0.3, 0.4) is 0 Å². The zero-order valence-corrected chi connectivity index (χ0v) is 11.3. The highest BCUT2D eigenvalue weighted by molar-refractivity contribution is 5.48. The largest absolute Gasteiger partial charge is 0.383 e. The van der Waals surface area contributed by atoms with E-state index in [1.54, 1.807) is 12.1 Å². The number of piperidine rings is 1. The van der Waals surface area contributed by atoms with Crippen molar-refractivity contribution in [3.63, 3.8) is 0 Å². The molecule has 0 saturated carbocycles. The van der Waals surface area contributed by atoms with Gasteiger partial charge >= 0.3 is 0 Å². The number of benzene rings is 1. The maximum Gasteiger partial charge on any atom is 0.147 e. The molecule has 1 aromatic rings. The molecule has 1 N–H and O–H groups in total. The van der Waals surface area contributed by atoms with E-state index in [1.807, 2.05) is 6.07 Å². The van der Waals surface area contributed by atoms with Crippen molar-refractivity contribution in [1.29, 1.82) is 5.26 Å². The van der Waals surface area contributed by atoms with Gasteiger partial charge in [0.15, 0.2) is 0 Å². The van der Waals surface area contributed by atoms with E-state index in [4.69, 9.17) is 5.26 Å². The monoisotopic (exact) mass is 261 g/mol. The third-order valence-electron chi connectivity index (χ3n) is 3.80. The number of anilines is 1. The third kappa shape index (κ3) is 3.93. The molecule has 0 unspecified atom stereocenters. The van der Waals surface area contributed by atoms with Crippen molar-refractivity contribution in [1.82, 2.24) is 4.90 Å². The van der Waals surface area contributed by atoms with Gasteiger partial charge in [0.05, 0.1) is 17.3 Å². The van der Waals surface area contributed by atoms with Gasteiger partial charge in [-0.15, -0.1) is 0 Å². The van der Waals surface area contributed by atoms with E-state index >= 15 is 0 Å². The van der Waals surface area contributed by atoms with Crippen LogP contribution in [-0.2, 0) is 0 Å². The summed E-state index contributed by atoms with van der Waals surface area (Å²) in [6.45, 7) is 3.11. The summed E-state index contributed by atoms with van der Waals surface area (Å²) < 4.78 is 13.6. The van der Waals surface area contributed by atoms with Crippen molar-refractivity contribution >= 4 is 5.69 Å². The SMILES string of the molecule is CN1CCC(CCNc2ccc(C#N)cc2F)CC1. The van der Waals surface area contributed by atoms with Crippen LogP contribution in [0.15, 0.2) is 18.2 Å². The molecule has 1 aromatic carbocycles. The molecule has 1 aliphatic rings. The minimum Gasteiger partial charge on any atom is -0.383 e. The Morgan fingerprint density at radius 2 is 2.16 bits per heavy atom. The average molecular weight is 261 g/mol. The number of nitrogens with one attached hydrogen (secondary N) is 1. The Morgan fingerprint density at radius 1 is 1.42 bits per heavy atom. The van der Waals surface area contributed by atoms with Gasteiger partial charge in [-0.05, 0) is 63.5 Å². The summed E-state index contributed by atoms with van der Waals surface area (Å²) in [5, 5.41) is 11.8. The topological polar surface area (TPSA) is 39.1 Å². The van der Waals surface area contributed by atoms with Crippen LogP contribution < -0.4 is 5.32 Å². The Bertz CT molecular complexity index is 459. The molecule has 1 heterocycles. The second-order valence-electron chi connectivity index (χ2n) is 5.27. The van der Waals surface area contributed by atoms with E-state index in [-0.39, 0.29) is 5.82 Å². The zero-order valence-electron chi connectivity index (χ0n) is 11.3. The molecule has 4 heteroatoms. The van der Waals surface area contributed by atoms with Crippen molar-refractivity contribution in [3.05, 3.63) is 29.6 Å². The number of rotatable bonds is 4. The number of likely N-dealkylation sites (tertiary alicyclic amines) is 1. The van der Waals surface area contributed by atoms with Gasteiger partial charge in [0.25, 0.3) is 0 Å². The van der Waals surface area contributed by atoms with Gasteiger partial charge in [-0.1, -0.05) is 0 Å². The summed E-state index contributed by atoms with van der Waals surface area (Å²) in [6.07, 6.45) is 3.54. The quantitative estimate of drug-likeness (QED) is 0.906.